The molecule has 0 aromatic heterocycles. The van der Waals surface area contributed by atoms with Gasteiger partial charge in [-0.25, -0.2) is 9.79 Å². The van der Waals surface area contributed by atoms with E-state index in [9.17, 15) is 4.79 Å². The van der Waals surface area contributed by atoms with E-state index >= 15 is 0 Å². The van der Waals surface area contributed by atoms with Gasteiger partial charge in [-0.1, -0.05) is 42.5 Å². The molecule has 0 heterocycles. The number of methoxy groups -OCH3 is 1. The first kappa shape index (κ1) is 17.5. The van der Waals surface area contributed by atoms with Crippen molar-refractivity contribution in [2.45, 2.75) is 20.0 Å². The van der Waals surface area contributed by atoms with Crippen LogP contribution >= 0.6 is 0 Å². The topological polar surface area (TPSA) is 62.7 Å². The highest BCUT2D eigenvalue weighted by molar-refractivity contribution is 5.89. The number of carbonyl (C=O) groups is 1. The maximum atomic E-state index is 11.4. The Labute approximate surface area is 142 Å². The quantitative estimate of drug-likeness (QED) is 0.487. The first-order chi connectivity index (χ1) is 11.7. The molecule has 0 spiro atoms. The largest absolute Gasteiger partial charge is 0.465 e. The Kier molecular flexibility index (Phi) is 6.83. The maximum Gasteiger partial charge on any atom is 0.337 e. The Bertz CT molecular complexity index is 667. The number of guanidine groups is 1. The molecule has 0 bridgehead atoms. The lowest BCUT2D eigenvalue weighted by Gasteiger charge is -2.11. The number of ether oxygens (including phenoxy) is 1. The predicted molar refractivity (Wildman–Crippen MR) is 95.9 cm³/mol. The van der Waals surface area contributed by atoms with Crippen LogP contribution in [0.5, 0.6) is 0 Å². The Morgan fingerprint density at radius 3 is 2.33 bits per heavy atom. The molecule has 2 N–H and O–H groups in total. The molecule has 126 valence electrons. The SMILES string of the molecule is CCNC(=NCc1ccccc1)NCc1ccc(C(=O)OC)cc1. The molecule has 0 radical (unpaired) electrons. The number of nitrogens with zero attached hydrogens (tertiary/aromatic N) is 1. The number of nitrogens with one attached hydrogen (secondary N) is 2. The van der Waals surface area contributed by atoms with Crippen molar-refractivity contribution < 1.29 is 9.53 Å². The van der Waals surface area contributed by atoms with Crippen LogP contribution < -0.4 is 10.6 Å². The van der Waals surface area contributed by atoms with Gasteiger partial charge < -0.3 is 15.4 Å². The fraction of sp³-hybridized carbons (Fsp3) is 0.263. The van der Waals surface area contributed by atoms with Crippen LogP contribution in [0.4, 0.5) is 0 Å². The lowest BCUT2D eigenvalue weighted by Crippen LogP contribution is -2.36. The van der Waals surface area contributed by atoms with E-state index in [0.717, 1.165) is 23.6 Å². The zero-order valence-electron chi connectivity index (χ0n) is 14.1. The summed E-state index contributed by atoms with van der Waals surface area (Å²) in [6, 6.07) is 17.4. The zero-order chi connectivity index (χ0) is 17.2. The van der Waals surface area contributed by atoms with Gasteiger partial charge in [-0.3, -0.25) is 0 Å². The van der Waals surface area contributed by atoms with Crippen LogP contribution in [-0.4, -0.2) is 25.6 Å². The van der Waals surface area contributed by atoms with Crippen LogP contribution in [0.2, 0.25) is 0 Å². The van der Waals surface area contributed by atoms with Crippen molar-refractivity contribution in [2.24, 2.45) is 4.99 Å². The summed E-state index contributed by atoms with van der Waals surface area (Å²) >= 11 is 0. The van der Waals surface area contributed by atoms with Gasteiger partial charge in [0.2, 0.25) is 0 Å². The smallest absolute Gasteiger partial charge is 0.337 e. The first-order valence-electron chi connectivity index (χ1n) is 7.96. The van der Waals surface area contributed by atoms with Crippen LogP contribution in [0.15, 0.2) is 59.6 Å². The summed E-state index contributed by atoms with van der Waals surface area (Å²) in [5, 5.41) is 6.52. The highest BCUT2D eigenvalue weighted by atomic mass is 16.5. The van der Waals surface area contributed by atoms with Crippen molar-refractivity contribution in [3.05, 3.63) is 71.3 Å². The van der Waals surface area contributed by atoms with E-state index in [2.05, 4.69) is 27.8 Å². The third kappa shape index (κ3) is 5.43. The van der Waals surface area contributed by atoms with Gasteiger partial charge in [0.15, 0.2) is 5.96 Å². The van der Waals surface area contributed by atoms with Crippen LogP contribution in [-0.2, 0) is 17.8 Å². The minimum Gasteiger partial charge on any atom is -0.465 e. The molecule has 5 nitrogen and oxygen atoms in total. The average Bonchev–Trinajstić information content (AvgIpc) is 2.64. The van der Waals surface area contributed by atoms with Gasteiger partial charge >= 0.3 is 5.97 Å². The van der Waals surface area contributed by atoms with E-state index in [1.54, 1.807) is 12.1 Å². The summed E-state index contributed by atoms with van der Waals surface area (Å²) in [6.45, 7) is 4.08. The van der Waals surface area contributed by atoms with E-state index in [4.69, 9.17) is 4.74 Å². The Balaban J connectivity index is 1.94. The number of aliphatic imine (C=N–C) groups is 1. The van der Waals surface area contributed by atoms with Crippen LogP contribution in [0.3, 0.4) is 0 Å². The number of benzene rings is 2. The molecule has 2 rings (SSSR count). The van der Waals surface area contributed by atoms with Gasteiger partial charge in [-0.2, -0.15) is 0 Å². The summed E-state index contributed by atoms with van der Waals surface area (Å²) < 4.78 is 4.70. The normalized spacial score (nSPS) is 11.0. The van der Waals surface area contributed by atoms with Gasteiger partial charge in [-0.05, 0) is 30.2 Å². The second-order valence-electron chi connectivity index (χ2n) is 5.22. The minimum absolute atomic E-state index is 0.327. The molecule has 0 aliphatic heterocycles. The number of hydrogen-bond donors (Lipinski definition) is 2. The van der Waals surface area contributed by atoms with Crippen molar-refractivity contribution in [3.63, 3.8) is 0 Å². The zero-order valence-corrected chi connectivity index (χ0v) is 14.1. The summed E-state index contributed by atoms with van der Waals surface area (Å²) in [5.41, 5.74) is 2.77. The summed E-state index contributed by atoms with van der Waals surface area (Å²) in [4.78, 5) is 16.0. The third-order valence-electron chi connectivity index (χ3n) is 3.44. The Morgan fingerprint density at radius 2 is 1.71 bits per heavy atom. The molecule has 2 aromatic carbocycles. The molecule has 2 aromatic rings. The van der Waals surface area contributed by atoms with E-state index in [-0.39, 0.29) is 5.97 Å². The van der Waals surface area contributed by atoms with Crippen molar-refractivity contribution in [1.29, 1.82) is 0 Å². The number of hydrogen-bond acceptors (Lipinski definition) is 3. The predicted octanol–water partition coefficient (Wildman–Crippen LogP) is 2.73. The molecule has 0 aliphatic carbocycles. The Morgan fingerprint density at radius 1 is 1.00 bits per heavy atom. The van der Waals surface area contributed by atoms with Gasteiger partial charge in [0.05, 0.1) is 19.2 Å². The minimum atomic E-state index is -0.327. The standard InChI is InChI=1S/C19H23N3O2/c1-3-20-19(21-13-15-7-5-4-6-8-15)22-14-16-9-11-17(12-10-16)18(23)24-2/h4-12H,3,13-14H2,1-2H3,(H2,20,21,22). The molecular formula is C19H23N3O2. The summed E-state index contributed by atoms with van der Waals surface area (Å²) in [6.07, 6.45) is 0. The fourth-order valence-electron chi connectivity index (χ4n) is 2.16. The molecule has 0 saturated carbocycles. The van der Waals surface area contributed by atoms with Crippen molar-refractivity contribution in [3.8, 4) is 0 Å². The van der Waals surface area contributed by atoms with E-state index in [1.807, 2.05) is 37.3 Å². The lowest BCUT2D eigenvalue weighted by atomic mass is 10.1. The highest BCUT2D eigenvalue weighted by Crippen LogP contribution is 2.06. The van der Waals surface area contributed by atoms with E-state index in [1.165, 1.54) is 7.11 Å². The van der Waals surface area contributed by atoms with Gasteiger partial charge in [-0.15, -0.1) is 0 Å². The Hall–Kier alpha value is -2.82. The van der Waals surface area contributed by atoms with Crippen molar-refractivity contribution in [1.82, 2.24) is 10.6 Å². The van der Waals surface area contributed by atoms with Gasteiger partial charge in [0, 0.05) is 13.1 Å². The third-order valence-corrected chi connectivity index (χ3v) is 3.44. The van der Waals surface area contributed by atoms with E-state index in [0.29, 0.717) is 18.7 Å². The lowest BCUT2D eigenvalue weighted by molar-refractivity contribution is 0.0600. The average molecular weight is 325 g/mol. The fourth-order valence-corrected chi connectivity index (χ4v) is 2.16. The van der Waals surface area contributed by atoms with Crippen molar-refractivity contribution in [2.75, 3.05) is 13.7 Å². The molecule has 24 heavy (non-hydrogen) atoms. The van der Waals surface area contributed by atoms with Gasteiger partial charge in [0.1, 0.15) is 0 Å². The van der Waals surface area contributed by atoms with Crippen LogP contribution in [0.1, 0.15) is 28.4 Å². The molecule has 0 unspecified atom stereocenters. The molecule has 0 saturated heterocycles. The highest BCUT2D eigenvalue weighted by Gasteiger charge is 2.04. The first-order valence-corrected chi connectivity index (χ1v) is 7.96. The van der Waals surface area contributed by atoms with E-state index < -0.39 is 0 Å². The number of carbonyl (C=O) groups excluding carboxylic acids is 1. The second-order valence-corrected chi connectivity index (χ2v) is 5.22. The van der Waals surface area contributed by atoms with Gasteiger partial charge in [0.25, 0.3) is 0 Å². The summed E-state index contributed by atoms with van der Waals surface area (Å²) in [5.74, 6) is 0.436. The number of esters is 1. The molecule has 5 heteroatoms. The van der Waals surface area contributed by atoms with Crippen LogP contribution in [0, 0.1) is 0 Å². The molecule has 0 fully saturated rings. The molecule has 0 atom stereocenters. The van der Waals surface area contributed by atoms with Crippen LogP contribution in [0.25, 0.3) is 0 Å². The number of rotatable bonds is 6. The maximum absolute atomic E-state index is 11.4. The molecule has 0 aliphatic rings. The molecular weight excluding hydrogens is 302 g/mol. The molecule has 0 amide bonds. The monoisotopic (exact) mass is 325 g/mol. The van der Waals surface area contributed by atoms with Crippen molar-refractivity contribution >= 4 is 11.9 Å². The summed E-state index contributed by atoms with van der Waals surface area (Å²) in [7, 11) is 1.38. The second kappa shape index (κ2) is 9.35.